The number of aromatic nitrogens is 4. The number of nitrogens with one attached hydrogen (secondary N) is 1. The van der Waals surface area contributed by atoms with Crippen LogP contribution in [-0.2, 0) is 31.0 Å². The van der Waals surface area contributed by atoms with Crippen LogP contribution in [0.15, 0.2) is 36.8 Å². The molecule has 3 rings (SSSR count). The van der Waals surface area contributed by atoms with E-state index in [9.17, 15) is 4.79 Å². The maximum atomic E-state index is 11.5. The van der Waals surface area contributed by atoms with Crippen molar-refractivity contribution in [2.75, 3.05) is 13.2 Å². The monoisotopic (exact) mass is 488 g/mol. The summed E-state index contributed by atoms with van der Waals surface area (Å²) >= 11 is 6.53. The van der Waals surface area contributed by atoms with Crippen LogP contribution in [0.25, 0.3) is 17.0 Å². The molecule has 2 heterocycles. The summed E-state index contributed by atoms with van der Waals surface area (Å²) in [5.41, 5.74) is 3.25. The first kappa shape index (κ1) is 25.8. The van der Waals surface area contributed by atoms with E-state index in [4.69, 9.17) is 25.8 Å². The van der Waals surface area contributed by atoms with Crippen molar-refractivity contribution in [1.82, 2.24) is 19.8 Å². The molecule has 0 aliphatic rings. The Morgan fingerprint density at radius 3 is 2.74 bits per heavy atom. The number of benzene rings is 1. The zero-order chi connectivity index (χ0) is 24.6. The first-order valence-corrected chi connectivity index (χ1v) is 12.0. The van der Waals surface area contributed by atoms with Gasteiger partial charge in [0.2, 0.25) is 0 Å². The van der Waals surface area contributed by atoms with Crippen LogP contribution in [0.3, 0.4) is 0 Å². The Morgan fingerprint density at radius 2 is 2.00 bits per heavy atom. The number of ether oxygens (including phenoxy) is 3. The Labute approximate surface area is 205 Å². The minimum Gasteiger partial charge on any atom is -0.496 e. The lowest BCUT2D eigenvalue weighted by Gasteiger charge is -2.14. The van der Waals surface area contributed by atoms with Gasteiger partial charge in [-0.25, -0.2) is 0 Å². The SMILES string of the molecule is CCCCCC(=O)O/C=C\OCCOCc1cccc(-c2nn3nc(C(C)(C)C)c(Cl)c3[nH]2)c1. The van der Waals surface area contributed by atoms with Gasteiger partial charge in [-0.1, -0.05) is 70.3 Å². The third-order valence-corrected chi connectivity index (χ3v) is 5.46. The van der Waals surface area contributed by atoms with Crippen molar-refractivity contribution in [2.45, 2.75) is 65.4 Å². The maximum Gasteiger partial charge on any atom is 0.310 e. The predicted octanol–water partition coefficient (Wildman–Crippen LogP) is 5.80. The minimum absolute atomic E-state index is 0.165. The molecule has 0 spiro atoms. The molecule has 0 radical (unpaired) electrons. The summed E-state index contributed by atoms with van der Waals surface area (Å²) < 4.78 is 17.5. The molecule has 1 N–H and O–H groups in total. The standard InChI is InChI=1S/C25H33ClN4O4/c1-5-6-7-11-20(31)34-15-14-32-12-13-33-17-18-9-8-10-19(16-18)23-27-24-21(26)22(25(2,3)4)28-30(24)29-23/h8-10,14-16H,5-7,11-13,17H2,1-4H3,(H,27,29)/b15-14-. The van der Waals surface area contributed by atoms with Crippen molar-refractivity contribution >= 4 is 23.2 Å². The topological polar surface area (TPSA) is 90.7 Å². The molecule has 0 aliphatic carbocycles. The summed E-state index contributed by atoms with van der Waals surface area (Å²) in [6, 6.07) is 7.92. The molecule has 0 aliphatic heterocycles. The van der Waals surface area contributed by atoms with E-state index in [0.29, 0.717) is 42.7 Å². The molecular formula is C25H33ClN4O4. The lowest BCUT2D eigenvalue weighted by Crippen LogP contribution is -2.13. The highest BCUT2D eigenvalue weighted by Gasteiger charge is 2.25. The van der Waals surface area contributed by atoms with Crippen LogP contribution in [0.5, 0.6) is 0 Å². The molecule has 0 atom stereocenters. The largest absolute Gasteiger partial charge is 0.496 e. The van der Waals surface area contributed by atoms with Gasteiger partial charge < -0.3 is 19.2 Å². The zero-order valence-corrected chi connectivity index (χ0v) is 21.0. The van der Waals surface area contributed by atoms with Crippen LogP contribution in [0, 0.1) is 0 Å². The predicted molar refractivity (Wildman–Crippen MR) is 131 cm³/mol. The van der Waals surface area contributed by atoms with Crippen molar-refractivity contribution in [1.29, 1.82) is 0 Å². The second-order valence-electron chi connectivity index (χ2n) is 9.07. The molecule has 0 unspecified atom stereocenters. The first-order valence-electron chi connectivity index (χ1n) is 11.6. The average Bonchev–Trinajstić information content (AvgIpc) is 3.35. The second kappa shape index (κ2) is 12.0. The summed E-state index contributed by atoms with van der Waals surface area (Å²) in [4.78, 5) is 14.7. The molecule has 0 fully saturated rings. The van der Waals surface area contributed by atoms with Crippen LogP contribution in [0.1, 0.15) is 64.6 Å². The van der Waals surface area contributed by atoms with Gasteiger partial charge in [0, 0.05) is 17.4 Å². The Kier molecular flexibility index (Phi) is 9.12. The summed E-state index contributed by atoms with van der Waals surface area (Å²) in [7, 11) is 0. The van der Waals surface area contributed by atoms with Gasteiger partial charge in [-0.3, -0.25) is 4.79 Å². The minimum atomic E-state index is -0.244. The molecule has 3 aromatic rings. The fourth-order valence-corrected chi connectivity index (χ4v) is 3.75. The van der Waals surface area contributed by atoms with Gasteiger partial charge in [0.25, 0.3) is 0 Å². The number of carbonyl (C=O) groups is 1. The fraction of sp³-hybridized carbons (Fsp3) is 0.480. The summed E-state index contributed by atoms with van der Waals surface area (Å²) in [6.45, 7) is 9.48. The van der Waals surface area contributed by atoms with E-state index < -0.39 is 0 Å². The molecule has 0 amide bonds. The number of nitrogens with zero attached hydrogens (tertiary/aromatic N) is 3. The van der Waals surface area contributed by atoms with Crippen molar-refractivity contribution in [3.63, 3.8) is 0 Å². The number of hydrogen-bond acceptors (Lipinski definition) is 6. The summed E-state index contributed by atoms with van der Waals surface area (Å²) in [6.07, 6.45) is 6.01. The Balaban J connectivity index is 1.45. The fourth-order valence-electron chi connectivity index (χ4n) is 3.30. The van der Waals surface area contributed by atoms with E-state index >= 15 is 0 Å². The Hall–Kier alpha value is -2.84. The van der Waals surface area contributed by atoms with Gasteiger partial charge in [-0.05, 0) is 18.1 Å². The van der Waals surface area contributed by atoms with E-state index in [0.717, 1.165) is 36.1 Å². The van der Waals surface area contributed by atoms with Gasteiger partial charge in [0.1, 0.15) is 24.2 Å². The molecule has 0 saturated carbocycles. The molecule has 2 aromatic heterocycles. The van der Waals surface area contributed by atoms with Gasteiger partial charge in [-0.2, -0.15) is 5.10 Å². The van der Waals surface area contributed by atoms with Gasteiger partial charge in [-0.15, -0.1) is 9.73 Å². The molecule has 34 heavy (non-hydrogen) atoms. The van der Waals surface area contributed by atoms with Gasteiger partial charge in [0.05, 0.1) is 18.9 Å². The van der Waals surface area contributed by atoms with E-state index in [1.807, 2.05) is 24.3 Å². The highest BCUT2D eigenvalue weighted by Crippen LogP contribution is 2.31. The van der Waals surface area contributed by atoms with Gasteiger partial charge in [0.15, 0.2) is 11.5 Å². The molecule has 184 valence electrons. The van der Waals surface area contributed by atoms with Crippen molar-refractivity contribution in [3.8, 4) is 11.4 Å². The van der Waals surface area contributed by atoms with E-state index in [1.165, 1.54) is 12.5 Å². The summed E-state index contributed by atoms with van der Waals surface area (Å²) in [5.74, 6) is 0.440. The molecular weight excluding hydrogens is 456 g/mol. The zero-order valence-electron chi connectivity index (χ0n) is 20.3. The molecule has 9 heteroatoms. The van der Waals surface area contributed by atoms with Crippen LogP contribution in [0.4, 0.5) is 0 Å². The molecule has 0 bridgehead atoms. The number of rotatable bonds is 12. The summed E-state index contributed by atoms with van der Waals surface area (Å²) in [5, 5.41) is 9.68. The second-order valence-corrected chi connectivity index (χ2v) is 9.45. The van der Waals surface area contributed by atoms with Crippen LogP contribution < -0.4 is 0 Å². The molecule has 1 aromatic carbocycles. The van der Waals surface area contributed by atoms with Crippen LogP contribution in [-0.4, -0.2) is 39.0 Å². The number of aromatic amines is 1. The first-order chi connectivity index (χ1) is 16.3. The number of hydrogen-bond donors (Lipinski definition) is 1. The number of H-pyrrole nitrogens is 1. The van der Waals surface area contributed by atoms with Crippen LogP contribution >= 0.6 is 11.6 Å². The Morgan fingerprint density at radius 1 is 1.18 bits per heavy atom. The third kappa shape index (κ3) is 7.08. The van der Waals surface area contributed by atoms with Crippen molar-refractivity contribution in [2.24, 2.45) is 0 Å². The molecule has 8 nitrogen and oxygen atoms in total. The Bertz CT molecular complexity index is 1110. The average molecular weight is 489 g/mol. The maximum absolute atomic E-state index is 11.5. The third-order valence-electron chi connectivity index (χ3n) is 5.10. The highest BCUT2D eigenvalue weighted by atomic mass is 35.5. The smallest absolute Gasteiger partial charge is 0.310 e. The van der Waals surface area contributed by atoms with Crippen LogP contribution in [0.2, 0.25) is 5.02 Å². The van der Waals surface area contributed by atoms with Crippen molar-refractivity contribution in [3.05, 3.63) is 53.1 Å². The number of unbranched alkanes of at least 4 members (excludes halogenated alkanes) is 2. The van der Waals surface area contributed by atoms with E-state index in [1.54, 1.807) is 4.63 Å². The number of esters is 1. The number of halogens is 1. The molecule has 0 saturated heterocycles. The van der Waals surface area contributed by atoms with E-state index in [2.05, 4.69) is 42.9 Å². The highest BCUT2D eigenvalue weighted by molar-refractivity contribution is 6.34. The normalized spacial score (nSPS) is 12.0. The number of carbonyl (C=O) groups excluding carboxylic acids is 1. The van der Waals surface area contributed by atoms with E-state index in [-0.39, 0.29) is 11.4 Å². The number of fused-ring (bicyclic) bond motifs is 1. The lowest BCUT2D eigenvalue weighted by molar-refractivity contribution is -0.138. The quantitative estimate of drug-likeness (QED) is 0.197. The van der Waals surface area contributed by atoms with Crippen molar-refractivity contribution < 1.29 is 19.0 Å². The van der Waals surface area contributed by atoms with Gasteiger partial charge >= 0.3 is 5.97 Å². The lowest BCUT2D eigenvalue weighted by atomic mass is 9.92.